The van der Waals surface area contributed by atoms with Crippen LogP contribution in [0.4, 0.5) is 0 Å². The Morgan fingerprint density at radius 1 is 1.29 bits per heavy atom. The molecule has 17 heavy (non-hydrogen) atoms. The first-order valence-electron chi connectivity index (χ1n) is 5.95. The third-order valence-corrected chi connectivity index (χ3v) is 4.37. The molecule has 0 aliphatic heterocycles. The number of rotatable bonds is 5. The van der Waals surface area contributed by atoms with Gasteiger partial charge in [0.1, 0.15) is 0 Å². The van der Waals surface area contributed by atoms with Gasteiger partial charge in [0, 0.05) is 6.26 Å². The molecule has 0 aromatic heterocycles. The largest absolute Gasteiger partial charge is 0.388 e. The second-order valence-corrected chi connectivity index (χ2v) is 6.89. The van der Waals surface area contributed by atoms with Crippen LogP contribution in [0.1, 0.15) is 37.4 Å². The molecular formula is C13H18O3S. The topological polar surface area (TPSA) is 54.4 Å². The van der Waals surface area contributed by atoms with Crippen LogP contribution >= 0.6 is 0 Å². The molecule has 0 spiro atoms. The van der Waals surface area contributed by atoms with E-state index in [2.05, 4.69) is 0 Å². The molecule has 1 unspecified atom stereocenters. The Morgan fingerprint density at radius 2 is 1.88 bits per heavy atom. The van der Waals surface area contributed by atoms with Crippen molar-refractivity contribution in [2.24, 2.45) is 5.92 Å². The molecular weight excluding hydrogens is 236 g/mol. The standard InChI is InChI=1S/C13H18O3S/c1-17(15,16)12-7-5-11(6-8-12)13(14)9-4-10-2-3-10/h5-8,10,13-14H,2-4,9H2,1H3. The van der Waals surface area contributed by atoms with Crippen LogP contribution in [-0.2, 0) is 9.84 Å². The number of hydrogen-bond donors (Lipinski definition) is 1. The zero-order chi connectivity index (χ0) is 12.5. The summed E-state index contributed by atoms with van der Waals surface area (Å²) in [6.45, 7) is 0. The van der Waals surface area contributed by atoms with Crippen LogP contribution in [0.2, 0.25) is 0 Å². The van der Waals surface area contributed by atoms with E-state index in [-0.39, 0.29) is 0 Å². The average Bonchev–Trinajstić information content (AvgIpc) is 3.09. The van der Waals surface area contributed by atoms with Crippen LogP contribution < -0.4 is 0 Å². The van der Waals surface area contributed by atoms with Gasteiger partial charge in [-0.05, 0) is 36.5 Å². The lowest BCUT2D eigenvalue weighted by molar-refractivity contribution is 0.162. The molecule has 1 aliphatic carbocycles. The molecule has 0 heterocycles. The first-order chi connectivity index (χ1) is 7.97. The Morgan fingerprint density at radius 3 is 2.35 bits per heavy atom. The molecule has 0 bridgehead atoms. The maximum atomic E-state index is 11.3. The lowest BCUT2D eigenvalue weighted by atomic mass is 10.0. The van der Waals surface area contributed by atoms with Gasteiger partial charge in [-0.2, -0.15) is 0 Å². The van der Waals surface area contributed by atoms with Gasteiger partial charge in [-0.25, -0.2) is 8.42 Å². The van der Waals surface area contributed by atoms with Crippen LogP contribution in [0.15, 0.2) is 29.2 Å². The number of aliphatic hydroxyl groups is 1. The highest BCUT2D eigenvalue weighted by Crippen LogP contribution is 2.35. The highest BCUT2D eigenvalue weighted by Gasteiger charge is 2.22. The molecule has 1 aromatic rings. The van der Waals surface area contributed by atoms with E-state index >= 15 is 0 Å². The molecule has 2 rings (SSSR count). The summed E-state index contributed by atoms with van der Waals surface area (Å²) in [7, 11) is -3.14. The van der Waals surface area contributed by atoms with E-state index in [9.17, 15) is 13.5 Å². The smallest absolute Gasteiger partial charge is 0.175 e. The number of sulfone groups is 1. The van der Waals surface area contributed by atoms with Gasteiger partial charge < -0.3 is 5.11 Å². The minimum atomic E-state index is -3.14. The van der Waals surface area contributed by atoms with Gasteiger partial charge in [-0.3, -0.25) is 0 Å². The zero-order valence-corrected chi connectivity index (χ0v) is 10.8. The normalized spacial score (nSPS) is 18.0. The fourth-order valence-corrected chi connectivity index (χ4v) is 2.53. The molecule has 1 N–H and O–H groups in total. The Balaban J connectivity index is 2.00. The maximum Gasteiger partial charge on any atom is 0.175 e. The molecule has 94 valence electrons. The lowest BCUT2D eigenvalue weighted by Gasteiger charge is -2.10. The number of benzene rings is 1. The molecule has 1 aromatic carbocycles. The highest BCUT2D eigenvalue weighted by atomic mass is 32.2. The number of hydrogen-bond acceptors (Lipinski definition) is 3. The van der Waals surface area contributed by atoms with E-state index in [1.807, 2.05) is 0 Å². The summed E-state index contributed by atoms with van der Waals surface area (Å²) in [5.41, 5.74) is 0.804. The first-order valence-corrected chi connectivity index (χ1v) is 7.84. The summed E-state index contributed by atoms with van der Waals surface area (Å²) < 4.78 is 22.5. The fourth-order valence-electron chi connectivity index (χ4n) is 1.90. The molecule has 0 radical (unpaired) electrons. The van der Waals surface area contributed by atoms with Crippen molar-refractivity contribution >= 4 is 9.84 Å². The van der Waals surface area contributed by atoms with E-state index in [0.717, 1.165) is 24.3 Å². The van der Waals surface area contributed by atoms with Crippen molar-refractivity contribution in [1.82, 2.24) is 0 Å². The molecule has 1 fully saturated rings. The third kappa shape index (κ3) is 3.54. The van der Waals surface area contributed by atoms with E-state index in [1.165, 1.54) is 19.1 Å². The van der Waals surface area contributed by atoms with Gasteiger partial charge in [0.2, 0.25) is 0 Å². The lowest BCUT2D eigenvalue weighted by Crippen LogP contribution is -2.00. The van der Waals surface area contributed by atoms with Crippen molar-refractivity contribution in [3.8, 4) is 0 Å². The summed E-state index contributed by atoms with van der Waals surface area (Å²) in [4.78, 5) is 0.302. The minimum Gasteiger partial charge on any atom is -0.388 e. The van der Waals surface area contributed by atoms with Gasteiger partial charge >= 0.3 is 0 Å². The minimum absolute atomic E-state index is 0.302. The molecule has 1 aliphatic rings. The summed E-state index contributed by atoms with van der Waals surface area (Å²) in [5, 5.41) is 9.94. The van der Waals surface area contributed by atoms with Crippen molar-refractivity contribution in [2.75, 3.05) is 6.26 Å². The predicted octanol–water partition coefficient (Wildman–Crippen LogP) is 2.31. The predicted molar refractivity (Wildman–Crippen MR) is 66.5 cm³/mol. The van der Waals surface area contributed by atoms with Gasteiger partial charge in [0.05, 0.1) is 11.0 Å². The van der Waals surface area contributed by atoms with E-state index in [0.29, 0.717) is 4.90 Å². The van der Waals surface area contributed by atoms with Gasteiger partial charge in [0.25, 0.3) is 0 Å². The summed E-state index contributed by atoms with van der Waals surface area (Å²) in [5.74, 6) is 0.806. The van der Waals surface area contributed by atoms with Crippen LogP contribution in [-0.4, -0.2) is 19.8 Å². The van der Waals surface area contributed by atoms with Crippen LogP contribution in [0.25, 0.3) is 0 Å². The van der Waals surface area contributed by atoms with E-state index < -0.39 is 15.9 Å². The molecule has 4 heteroatoms. The van der Waals surface area contributed by atoms with Crippen molar-refractivity contribution in [1.29, 1.82) is 0 Å². The quantitative estimate of drug-likeness (QED) is 0.877. The van der Waals surface area contributed by atoms with Gasteiger partial charge in [-0.1, -0.05) is 25.0 Å². The first kappa shape index (κ1) is 12.6. The van der Waals surface area contributed by atoms with Crippen molar-refractivity contribution in [3.63, 3.8) is 0 Å². The molecule has 0 saturated heterocycles. The van der Waals surface area contributed by atoms with Crippen molar-refractivity contribution in [2.45, 2.75) is 36.7 Å². The van der Waals surface area contributed by atoms with Gasteiger partial charge in [-0.15, -0.1) is 0 Å². The molecule has 3 nitrogen and oxygen atoms in total. The summed E-state index contributed by atoms with van der Waals surface area (Å²) in [6, 6.07) is 6.53. The van der Waals surface area contributed by atoms with Crippen molar-refractivity contribution in [3.05, 3.63) is 29.8 Å². The average molecular weight is 254 g/mol. The van der Waals surface area contributed by atoms with Gasteiger partial charge in [0.15, 0.2) is 9.84 Å². The molecule has 0 amide bonds. The Kier molecular flexibility index (Phi) is 3.54. The Hall–Kier alpha value is -0.870. The SMILES string of the molecule is CS(=O)(=O)c1ccc(C(O)CCC2CC2)cc1. The Bertz CT molecular complexity index is 472. The van der Waals surface area contributed by atoms with Crippen LogP contribution in [0.5, 0.6) is 0 Å². The highest BCUT2D eigenvalue weighted by molar-refractivity contribution is 7.90. The van der Waals surface area contributed by atoms with E-state index in [4.69, 9.17) is 0 Å². The second-order valence-electron chi connectivity index (χ2n) is 4.88. The second kappa shape index (κ2) is 4.78. The molecule has 1 saturated carbocycles. The van der Waals surface area contributed by atoms with Crippen molar-refractivity contribution < 1.29 is 13.5 Å². The summed E-state index contributed by atoms with van der Waals surface area (Å²) >= 11 is 0. The third-order valence-electron chi connectivity index (χ3n) is 3.24. The zero-order valence-electron chi connectivity index (χ0n) is 9.96. The van der Waals surface area contributed by atoms with Crippen LogP contribution in [0.3, 0.4) is 0 Å². The maximum absolute atomic E-state index is 11.3. The monoisotopic (exact) mass is 254 g/mol. The van der Waals surface area contributed by atoms with E-state index in [1.54, 1.807) is 24.3 Å². The molecule has 1 atom stereocenters. The summed E-state index contributed by atoms with van der Waals surface area (Å²) in [6.07, 6.45) is 5.13. The number of aliphatic hydroxyl groups excluding tert-OH is 1. The Labute approximate surface area is 102 Å². The van der Waals surface area contributed by atoms with Crippen LogP contribution in [0, 0.1) is 5.92 Å². The fraction of sp³-hybridized carbons (Fsp3) is 0.538.